The zero-order valence-electron chi connectivity index (χ0n) is 11.7. The third-order valence-electron chi connectivity index (χ3n) is 3.15. The van der Waals surface area contributed by atoms with Gasteiger partial charge in [-0.1, -0.05) is 6.07 Å². The first-order valence-electron chi connectivity index (χ1n) is 6.45. The molecule has 0 bridgehead atoms. The van der Waals surface area contributed by atoms with Crippen LogP contribution >= 0.6 is 11.3 Å². The summed E-state index contributed by atoms with van der Waals surface area (Å²) in [5.74, 6) is 0. The Labute approximate surface area is 127 Å². The van der Waals surface area contributed by atoms with Gasteiger partial charge in [-0.3, -0.25) is 0 Å². The molecule has 21 heavy (non-hydrogen) atoms. The average Bonchev–Trinajstić information content (AvgIpc) is 3.04. The highest BCUT2D eigenvalue weighted by Gasteiger charge is 2.16. The summed E-state index contributed by atoms with van der Waals surface area (Å²) >= 11 is 1.26. The second kappa shape index (κ2) is 5.25. The molecular formula is C14H15N3O2S2. The predicted molar refractivity (Wildman–Crippen MR) is 83.0 cm³/mol. The van der Waals surface area contributed by atoms with E-state index < -0.39 is 10.0 Å². The van der Waals surface area contributed by atoms with Crippen molar-refractivity contribution in [3.05, 3.63) is 52.8 Å². The molecule has 0 aliphatic heterocycles. The molecule has 0 unspecified atom stereocenters. The predicted octanol–water partition coefficient (Wildman–Crippen LogP) is 2.49. The normalized spacial score (nSPS) is 12.1. The minimum atomic E-state index is -3.47. The maximum atomic E-state index is 12.2. The summed E-state index contributed by atoms with van der Waals surface area (Å²) in [5.41, 5.74) is 2.60. The van der Waals surface area contributed by atoms with E-state index in [0.29, 0.717) is 9.90 Å². The van der Waals surface area contributed by atoms with Crippen molar-refractivity contribution in [2.24, 2.45) is 0 Å². The topological polar surface area (TPSA) is 63.5 Å². The summed E-state index contributed by atoms with van der Waals surface area (Å²) in [6.45, 7) is 4.04. The molecule has 0 aliphatic rings. The second-order valence-corrected chi connectivity index (χ2v) is 8.13. The number of aromatic nitrogens is 2. The molecule has 0 aromatic carbocycles. The van der Waals surface area contributed by atoms with Gasteiger partial charge in [0.05, 0.1) is 12.2 Å². The molecule has 0 fully saturated rings. The first-order chi connectivity index (χ1) is 9.95. The van der Waals surface area contributed by atoms with E-state index in [0.717, 1.165) is 16.1 Å². The summed E-state index contributed by atoms with van der Waals surface area (Å²) in [7, 11) is -3.47. The minimum Gasteiger partial charge on any atom is -0.307 e. The van der Waals surface area contributed by atoms with Crippen molar-refractivity contribution in [3.63, 3.8) is 0 Å². The number of hydrogen-bond acceptors (Lipinski definition) is 4. The van der Waals surface area contributed by atoms with E-state index >= 15 is 0 Å². The first kappa shape index (κ1) is 14.2. The molecule has 7 heteroatoms. The number of aryl methyl sites for hydroxylation is 2. The van der Waals surface area contributed by atoms with E-state index in [1.54, 1.807) is 12.1 Å². The van der Waals surface area contributed by atoms with Crippen molar-refractivity contribution in [3.8, 4) is 0 Å². The van der Waals surface area contributed by atoms with Crippen LogP contribution in [0.25, 0.3) is 5.65 Å². The Morgan fingerprint density at radius 2 is 2.10 bits per heavy atom. The molecule has 0 saturated carbocycles. The molecule has 0 saturated heterocycles. The molecule has 0 radical (unpaired) electrons. The van der Waals surface area contributed by atoms with Crippen LogP contribution < -0.4 is 4.72 Å². The van der Waals surface area contributed by atoms with Crippen LogP contribution in [0.2, 0.25) is 0 Å². The standard InChI is InChI=1S/C14H15N3O2S2/c1-10-4-3-7-17-9-12(16-14(10)17)8-15-21(18,19)13-6-5-11(2)20-13/h3-7,9,15H,8H2,1-2H3. The lowest BCUT2D eigenvalue weighted by Gasteiger charge is -2.01. The zero-order valence-corrected chi connectivity index (χ0v) is 13.3. The van der Waals surface area contributed by atoms with Gasteiger partial charge < -0.3 is 4.40 Å². The Balaban J connectivity index is 1.81. The molecule has 3 aromatic heterocycles. The van der Waals surface area contributed by atoms with Gasteiger partial charge in [-0.25, -0.2) is 18.1 Å². The highest BCUT2D eigenvalue weighted by Crippen LogP contribution is 2.20. The number of nitrogens with zero attached hydrogens (tertiary/aromatic N) is 2. The fourth-order valence-corrected chi connectivity index (χ4v) is 4.41. The van der Waals surface area contributed by atoms with Crippen LogP contribution in [0.1, 0.15) is 16.1 Å². The van der Waals surface area contributed by atoms with Crippen molar-refractivity contribution < 1.29 is 8.42 Å². The lowest BCUT2D eigenvalue weighted by molar-refractivity contribution is 0.583. The largest absolute Gasteiger partial charge is 0.307 e. The van der Waals surface area contributed by atoms with Crippen molar-refractivity contribution in [1.82, 2.24) is 14.1 Å². The monoisotopic (exact) mass is 321 g/mol. The zero-order chi connectivity index (χ0) is 15.0. The third kappa shape index (κ3) is 2.85. The van der Waals surface area contributed by atoms with Gasteiger partial charge in [0, 0.05) is 17.3 Å². The maximum absolute atomic E-state index is 12.2. The molecule has 5 nitrogen and oxygen atoms in total. The van der Waals surface area contributed by atoms with Gasteiger partial charge in [-0.05, 0) is 37.6 Å². The summed E-state index contributed by atoms with van der Waals surface area (Å²) in [6.07, 6.45) is 3.74. The van der Waals surface area contributed by atoms with E-state index in [1.807, 2.05) is 42.8 Å². The van der Waals surface area contributed by atoms with Gasteiger partial charge in [-0.2, -0.15) is 0 Å². The van der Waals surface area contributed by atoms with Gasteiger partial charge >= 0.3 is 0 Å². The van der Waals surface area contributed by atoms with Crippen LogP contribution in [-0.4, -0.2) is 17.8 Å². The number of sulfonamides is 1. The molecule has 0 atom stereocenters. The Kier molecular flexibility index (Phi) is 3.56. The number of rotatable bonds is 4. The van der Waals surface area contributed by atoms with E-state index in [-0.39, 0.29) is 6.54 Å². The molecule has 3 aromatic rings. The SMILES string of the molecule is Cc1ccc(S(=O)(=O)NCc2cn3cccc(C)c3n2)s1. The fraction of sp³-hybridized carbons (Fsp3) is 0.214. The third-order valence-corrected chi connectivity index (χ3v) is 6.05. The van der Waals surface area contributed by atoms with Gasteiger partial charge in [0.2, 0.25) is 10.0 Å². The van der Waals surface area contributed by atoms with Gasteiger partial charge in [-0.15, -0.1) is 11.3 Å². The second-order valence-electron chi connectivity index (χ2n) is 4.84. The number of nitrogens with one attached hydrogen (secondary N) is 1. The Bertz CT molecular complexity index is 894. The molecule has 110 valence electrons. The van der Waals surface area contributed by atoms with Crippen molar-refractivity contribution in [2.45, 2.75) is 24.6 Å². The van der Waals surface area contributed by atoms with Crippen LogP contribution in [0.5, 0.6) is 0 Å². The smallest absolute Gasteiger partial charge is 0.250 e. The van der Waals surface area contributed by atoms with E-state index in [9.17, 15) is 8.42 Å². The summed E-state index contributed by atoms with van der Waals surface area (Å²) in [4.78, 5) is 5.42. The summed E-state index contributed by atoms with van der Waals surface area (Å²) in [6, 6.07) is 7.33. The lowest BCUT2D eigenvalue weighted by Crippen LogP contribution is -2.22. The van der Waals surface area contributed by atoms with Crippen LogP contribution in [0.3, 0.4) is 0 Å². The Morgan fingerprint density at radius 1 is 1.29 bits per heavy atom. The Hall–Kier alpha value is -1.70. The van der Waals surface area contributed by atoms with Crippen LogP contribution in [0.15, 0.2) is 40.9 Å². The quantitative estimate of drug-likeness (QED) is 0.803. The highest BCUT2D eigenvalue weighted by molar-refractivity contribution is 7.91. The van der Waals surface area contributed by atoms with Gasteiger partial charge in [0.25, 0.3) is 0 Å². The summed E-state index contributed by atoms with van der Waals surface area (Å²) in [5, 5.41) is 0. The average molecular weight is 321 g/mol. The number of hydrogen-bond donors (Lipinski definition) is 1. The van der Waals surface area contributed by atoms with Crippen molar-refractivity contribution in [1.29, 1.82) is 0 Å². The molecule has 0 spiro atoms. The van der Waals surface area contributed by atoms with E-state index in [2.05, 4.69) is 9.71 Å². The van der Waals surface area contributed by atoms with Crippen molar-refractivity contribution >= 4 is 27.0 Å². The van der Waals surface area contributed by atoms with Crippen LogP contribution in [-0.2, 0) is 16.6 Å². The maximum Gasteiger partial charge on any atom is 0.250 e. The molecule has 1 N–H and O–H groups in total. The molecule has 3 heterocycles. The fourth-order valence-electron chi connectivity index (χ4n) is 2.09. The van der Waals surface area contributed by atoms with Crippen LogP contribution in [0, 0.1) is 13.8 Å². The molecule has 3 rings (SSSR count). The molecule has 0 amide bonds. The minimum absolute atomic E-state index is 0.181. The number of fused-ring (bicyclic) bond motifs is 1. The van der Waals surface area contributed by atoms with Gasteiger partial charge in [0.1, 0.15) is 9.86 Å². The number of thiophene rings is 1. The number of pyridine rings is 1. The van der Waals surface area contributed by atoms with Gasteiger partial charge in [0.15, 0.2) is 0 Å². The van der Waals surface area contributed by atoms with Crippen LogP contribution in [0.4, 0.5) is 0 Å². The molecule has 0 aliphatic carbocycles. The number of imidazole rings is 1. The highest BCUT2D eigenvalue weighted by atomic mass is 32.2. The Morgan fingerprint density at radius 3 is 2.76 bits per heavy atom. The van der Waals surface area contributed by atoms with Crippen molar-refractivity contribution in [2.75, 3.05) is 0 Å². The first-order valence-corrected chi connectivity index (χ1v) is 8.75. The van der Waals surface area contributed by atoms with E-state index in [4.69, 9.17) is 0 Å². The lowest BCUT2D eigenvalue weighted by atomic mass is 10.3. The van der Waals surface area contributed by atoms with E-state index in [1.165, 1.54) is 11.3 Å². The summed E-state index contributed by atoms with van der Waals surface area (Å²) < 4.78 is 29.2. The molecular weight excluding hydrogens is 306 g/mol.